The molecule has 0 bridgehead atoms. The van der Waals surface area contributed by atoms with Crippen molar-refractivity contribution in [1.29, 1.82) is 0 Å². The minimum atomic E-state index is -0.736. The van der Waals surface area contributed by atoms with Crippen molar-refractivity contribution in [2.75, 3.05) is 0 Å². The number of ether oxygens (including phenoxy) is 1. The Morgan fingerprint density at radius 2 is 1.76 bits per heavy atom. The third-order valence-corrected chi connectivity index (χ3v) is 1.90. The molecule has 6 heteroatoms. The summed E-state index contributed by atoms with van der Waals surface area (Å²) in [5, 5.41) is 8.75. The van der Waals surface area contributed by atoms with E-state index in [1.54, 1.807) is 0 Å². The Balaban J connectivity index is 2.19. The van der Waals surface area contributed by atoms with E-state index in [2.05, 4.69) is 9.97 Å². The summed E-state index contributed by atoms with van der Waals surface area (Å²) in [5.74, 6) is -1.39. The van der Waals surface area contributed by atoms with Gasteiger partial charge in [0, 0.05) is 18.2 Å². The van der Waals surface area contributed by atoms with Gasteiger partial charge in [0.15, 0.2) is 0 Å². The van der Waals surface area contributed by atoms with Crippen molar-refractivity contribution in [2.45, 2.75) is 6.61 Å². The lowest BCUT2D eigenvalue weighted by Gasteiger charge is -2.04. The van der Waals surface area contributed by atoms with Gasteiger partial charge in [-0.15, -0.1) is 0 Å². The number of nitrogens with zero attached hydrogens (tertiary/aromatic N) is 2. The predicted molar refractivity (Wildman–Crippen MR) is 54.4 cm³/mol. The second-order valence-corrected chi connectivity index (χ2v) is 3.21. The molecule has 0 fully saturated rings. The molecule has 1 heterocycles. The van der Waals surface area contributed by atoms with Crippen molar-refractivity contribution < 1.29 is 18.6 Å². The van der Waals surface area contributed by atoms with E-state index in [0.717, 1.165) is 18.2 Å². The first kappa shape index (κ1) is 11.4. The Labute approximate surface area is 95.5 Å². The van der Waals surface area contributed by atoms with E-state index in [4.69, 9.17) is 9.84 Å². The monoisotopic (exact) mass is 238 g/mol. The molecule has 2 aromatic rings. The molecule has 4 nitrogen and oxygen atoms in total. The number of halogens is 2. The van der Waals surface area contributed by atoms with E-state index in [1.165, 1.54) is 12.4 Å². The highest BCUT2D eigenvalue weighted by Crippen LogP contribution is 2.20. The minimum absolute atomic E-state index is 0.00597. The van der Waals surface area contributed by atoms with E-state index in [1.807, 2.05) is 0 Å². The van der Waals surface area contributed by atoms with Crippen LogP contribution < -0.4 is 4.74 Å². The molecule has 0 unspecified atom stereocenters. The molecule has 0 saturated carbocycles. The molecule has 0 radical (unpaired) electrons. The molecular formula is C11H8F2N2O2. The topological polar surface area (TPSA) is 55.2 Å². The van der Waals surface area contributed by atoms with Crippen LogP contribution in [0.4, 0.5) is 8.78 Å². The first-order valence-corrected chi connectivity index (χ1v) is 4.73. The Morgan fingerprint density at radius 1 is 1.06 bits per heavy atom. The highest BCUT2D eigenvalue weighted by Gasteiger charge is 2.04. The zero-order valence-corrected chi connectivity index (χ0v) is 8.60. The van der Waals surface area contributed by atoms with Crippen LogP contribution >= 0.6 is 0 Å². The van der Waals surface area contributed by atoms with Crippen molar-refractivity contribution in [3.8, 4) is 11.6 Å². The van der Waals surface area contributed by atoms with Crippen LogP contribution in [0.5, 0.6) is 11.6 Å². The average Bonchev–Trinajstić information content (AvgIpc) is 2.28. The highest BCUT2D eigenvalue weighted by molar-refractivity contribution is 5.27. The first-order valence-electron chi connectivity index (χ1n) is 4.73. The second kappa shape index (κ2) is 4.84. The van der Waals surface area contributed by atoms with Crippen molar-refractivity contribution in [2.24, 2.45) is 0 Å². The molecule has 0 saturated heterocycles. The Morgan fingerprint density at radius 3 is 2.29 bits per heavy atom. The molecule has 1 N–H and O–H groups in total. The zero-order chi connectivity index (χ0) is 12.3. The van der Waals surface area contributed by atoms with Gasteiger partial charge in [0.25, 0.3) is 0 Å². The third kappa shape index (κ3) is 2.94. The lowest BCUT2D eigenvalue weighted by molar-refractivity contribution is 0.276. The lowest BCUT2D eigenvalue weighted by Crippen LogP contribution is -1.94. The SMILES string of the molecule is OCc1cnc(Oc2cc(F)cc(F)c2)cn1. The fourth-order valence-corrected chi connectivity index (χ4v) is 1.19. The van der Waals surface area contributed by atoms with Crippen molar-refractivity contribution in [3.05, 3.63) is 47.9 Å². The van der Waals surface area contributed by atoms with Crippen LogP contribution in [0.25, 0.3) is 0 Å². The first-order chi connectivity index (χ1) is 8.17. The minimum Gasteiger partial charge on any atom is -0.437 e. The fourth-order valence-electron chi connectivity index (χ4n) is 1.19. The van der Waals surface area contributed by atoms with Crippen LogP contribution in [0.1, 0.15) is 5.69 Å². The molecule has 0 aliphatic heterocycles. The zero-order valence-electron chi connectivity index (χ0n) is 8.60. The number of aliphatic hydroxyl groups is 1. The summed E-state index contributed by atoms with van der Waals surface area (Å²) in [6.07, 6.45) is 2.57. The van der Waals surface area contributed by atoms with Gasteiger partial charge < -0.3 is 9.84 Å². The average molecular weight is 238 g/mol. The quantitative estimate of drug-likeness (QED) is 0.889. The predicted octanol–water partition coefficient (Wildman–Crippen LogP) is 2.04. The smallest absolute Gasteiger partial charge is 0.237 e. The number of aliphatic hydroxyl groups excluding tert-OH is 1. The van der Waals surface area contributed by atoms with E-state index < -0.39 is 11.6 Å². The van der Waals surface area contributed by atoms with Crippen LogP contribution in [0.3, 0.4) is 0 Å². The summed E-state index contributed by atoms with van der Waals surface area (Å²) < 4.78 is 30.8. The van der Waals surface area contributed by atoms with E-state index in [0.29, 0.717) is 5.69 Å². The van der Waals surface area contributed by atoms with Gasteiger partial charge >= 0.3 is 0 Å². The van der Waals surface area contributed by atoms with E-state index in [9.17, 15) is 8.78 Å². The van der Waals surface area contributed by atoms with Gasteiger partial charge in [-0.25, -0.2) is 13.8 Å². The number of aromatic nitrogens is 2. The summed E-state index contributed by atoms with van der Waals surface area (Å²) in [6, 6.07) is 2.81. The summed E-state index contributed by atoms with van der Waals surface area (Å²) in [6.45, 7) is -0.234. The largest absolute Gasteiger partial charge is 0.437 e. The van der Waals surface area contributed by atoms with Gasteiger partial charge in [0.1, 0.15) is 17.4 Å². The Kier molecular flexibility index (Phi) is 3.24. The van der Waals surface area contributed by atoms with Crippen LogP contribution in [0, 0.1) is 11.6 Å². The van der Waals surface area contributed by atoms with Gasteiger partial charge in [-0.05, 0) is 0 Å². The molecule has 17 heavy (non-hydrogen) atoms. The summed E-state index contributed by atoms with van der Waals surface area (Å²) in [4.78, 5) is 7.63. The maximum absolute atomic E-state index is 12.9. The molecule has 0 amide bonds. The third-order valence-electron chi connectivity index (χ3n) is 1.90. The lowest BCUT2D eigenvalue weighted by atomic mass is 10.3. The maximum Gasteiger partial charge on any atom is 0.237 e. The van der Waals surface area contributed by atoms with Gasteiger partial charge in [-0.3, -0.25) is 4.98 Å². The van der Waals surface area contributed by atoms with Gasteiger partial charge in [-0.1, -0.05) is 0 Å². The number of rotatable bonds is 3. The van der Waals surface area contributed by atoms with E-state index >= 15 is 0 Å². The maximum atomic E-state index is 12.9. The van der Waals surface area contributed by atoms with Crippen molar-refractivity contribution in [1.82, 2.24) is 9.97 Å². The van der Waals surface area contributed by atoms with Crippen LogP contribution in [0.2, 0.25) is 0 Å². The normalized spacial score (nSPS) is 10.3. The molecule has 0 spiro atoms. The Hall–Kier alpha value is -2.08. The van der Waals surface area contributed by atoms with E-state index in [-0.39, 0.29) is 18.2 Å². The summed E-state index contributed by atoms with van der Waals surface area (Å²) in [5.41, 5.74) is 0.378. The number of benzene rings is 1. The molecule has 1 aromatic heterocycles. The van der Waals surface area contributed by atoms with Crippen molar-refractivity contribution >= 4 is 0 Å². The standard InChI is InChI=1S/C11H8F2N2O2/c12-7-1-8(13)3-10(2-7)17-11-5-14-9(6-16)4-15-11/h1-5,16H,6H2. The highest BCUT2D eigenvalue weighted by atomic mass is 19.1. The van der Waals surface area contributed by atoms with Gasteiger partial charge in [0.05, 0.1) is 24.7 Å². The number of hydrogen-bond acceptors (Lipinski definition) is 4. The molecule has 2 rings (SSSR count). The van der Waals surface area contributed by atoms with Crippen LogP contribution in [-0.2, 0) is 6.61 Å². The van der Waals surface area contributed by atoms with Gasteiger partial charge in [0.2, 0.25) is 5.88 Å². The molecule has 0 aliphatic carbocycles. The molecule has 0 atom stereocenters. The molecule has 0 aliphatic rings. The molecule has 88 valence electrons. The summed E-state index contributed by atoms with van der Waals surface area (Å²) >= 11 is 0. The van der Waals surface area contributed by atoms with Crippen molar-refractivity contribution in [3.63, 3.8) is 0 Å². The summed E-state index contributed by atoms with van der Waals surface area (Å²) in [7, 11) is 0. The fraction of sp³-hybridized carbons (Fsp3) is 0.0909. The van der Waals surface area contributed by atoms with Crippen LogP contribution in [-0.4, -0.2) is 15.1 Å². The second-order valence-electron chi connectivity index (χ2n) is 3.21. The molecule has 1 aromatic carbocycles. The number of hydrogen-bond donors (Lipinski definition) is 1. The van der Waals surface area contributed by atoms with Crippen LogP contribution in [0.15, 0.2) is 30.6 Å². The molecular weight excluding hydrogens is 230 g/mol. The van der Waals surface area contributed by atoms with Gasteiger partial charge in [-0.2, -0.15) is 0 Å². The Bertz CT molecular complexity index is 497.